The SMILES string of the molecule is C#CCSc1nc2c(c(=O)[nH]1)[C@H](c1ccccc1OC(C)C)CC(=O)N2. The van der Waals surface area contributed by atoms with Crippen LogP contribution in [0.3, 0.4) is 0 Å². The van der Waals surface area contributed by atoms with E-state index in [1.165, 1.54) is 11.8 Å². The van der Waals surface area contributed by atoms with Crippen LogP contribution in [0.4, 0.5) is 5.82 Å². The fourth-order valence-corrected chi connectivity index (χ4v) is 3.47. The quantitative estimate of drug-likeness (QED) is 0.481. The second-order valence-corrected chi connectivity index (χ2v) is 7.10. The van der Waals surface area contributed by atoms with Gasteiger partial charge in [-0.3, -0.25) is 9.59 Å². The van der Waals surface area contributed by atoms with E-state index in [-0.39, 0.29) is 29.8 Å². The molecule has 2 aromatic rings. The van der Waals surface area contributed by atoms with Gasteiger partial charge in [-0.2, -0.15) is 0 Å². The van der Waals surface area contributed by atoms with Gasteiger partial charge in [-0.1, -0.05) is 35.9 Å². The molecule has 1 amide bonds. The summed E-state index contributed by atoms with van der Waals surface area (Å²) in [6.45, 7) is 3.86. The molecule has 0 unspecified atom stereocenters. The van der Waals surface area contributed by atoms with Gasteiger partial charge in [-0.25, -0.2) is 4.98 Å². The molecule has 0 radical (unpaired) electrons. The average Bonchev–Trinajstić information content (AvgIpc) is 2.59. The topological polar surface area (TPSA) is 84.1 Å². The van der Waals surface area contributed by atoms with Crippen LogP contribution < -0.4 is 15.6 Å². The number of terminal acetylenes is 1. The number of nitrogens with zero attached hydrogens (tertiary/aromatic N) is 1. The van der Waals surface area contributed by atoms with Crippen LogP contribution >= 0.6 is 11.8 Å². The molecule has 1 atom stereocenters. The summed E-state index contributed by atoms with van der Waals surface area (Å²) in [5, 5.41) is 3.09. The number of carbonyl (C=O) groups excluding carboxylic acids is 1. The molecule has 2 N–H and O–H groups in total. The van der Waals surface area contributed by atoms with Gasteiger partial charge in [0.2, 0.25) is 5.91 Å². The van der Waals surface area contributed by atoms with Gasteiger partial charge >= 0.3 is 0 Å². The van der Waals surface area contributed by atoms with E-state index in [2.05, 4.69) is 21.2 Å². The van der Waals surface area contributed by atoms with Crippen LogP contribution in [0.1, 0.15) is 37.3 Å². The smallest absolute Gasteiger partial charge is 0.257 e. The zero-order valence-electron chi connectivity index (χ0n) is 14.5. The van der Waals surface area contributed by atoms with Crippen molar-refractivity contribution in [1.82, 2.24) is 9.97 Å². The van der Waals surface area contributed by atoms with Crippen molar-refractivity contribution in [2.75, 3.05) is 11.1 Å². The maximum atomic E-state index is 12.7. The first kappa shape index (κ1) is 18.1. The van der Waals surface area contributed by atoms with Crippen LogP contribution in [0, 0.1) is 12.3 Å². The molecule has 134 valence electrons. The molecule has 0 saturated carbocycles. The number of amides is 1. The van der Waals surface area contributed by atoms with Crippen molar-refractivity contribution in [3.8, 4) is 18.1 Å². The number of fused-ring (bicyclic) bond motifs is 1. The highest BCUT2D eigenvalue weighted by atomic mass is 32.2. The second-order valence-electron chi connectivity index (χ2n) is 6.14. The summed E-state index contributed by atoms with van der Waals surface area (Å²) in [6.07, 6.45) is 5.39. The van der Waals surface area contributed by atoms with E-state index >= 15 is 0 Å². The number of benzene rings is 1. The van der Waals surface area contributed by atoms with Crippen LogP contribution in [-0.2, 0) is 4.79 Å². The summed E-state index contributed by atoms with van der Waals surface area (Å²) < 4.78 is 5.87. The minimum atomic E-state index is -0.420. The molecule has 1 aliphatic rings. The Balaban J connectivity index is 2.09. The fraction of sp³-hybridized carbons (Fsp3) is 0.316. The Bertz CT molecular complexity index is 930. The molecule has 6 nitrogen and oxygen atoms in total. The number of aromatic amines is 1. The van der Waals surface area contributed by atoms with Crippen molar-refractivity contribution >= 4 is 23.5 Å². The summed E-state index contributed by atoms with van der Waals surface area (Å²) in [4.78, 5) is 32.1. The maximum absolute atomic E-state index is 12.7. The van der Waals surface area contributed by atoms with Gasteiger partial charge in [-0.15, -0.1) is 6.42 Å². The Labute approximate surface area is 155 Å². The molecule has 0 spiro atoms. The highest BCUT2D eigenvalue weighted by Crippen LogP contribution is 2.38. The zero-order chi connectivity index (χ0) is 18.7. The van der Waals surface area contributed by atoms with Crippen LogP contribution in [0.25, 0.3) is 0 Å². The van der Waals surface area contributed by atoms with Crippen molar-refractivity contribution < 1.29 is 9.53 Å². The first-order valence-electron chi connectivity index (χ1n) is 8.25. The Kier molecular flexibility index (Phi) is 5.33. The number of H-pyrrole nitrogens is 1. The molecular formula is C19H19N3O3S. The minimum Gasteiger partial charge on any atom is -0.491 e. The van der Waals surface area contributed by atoms with Crippen LogP contribution in [0.2, 0.25) is 0 Å². The van der Waals surface area contributed by atoms with E-state index in [9.17, 15) is 9.59 Å². The number of hydrogen-bond donors (Lipinski definition) is 2. The van der Waals surface area contributed by atoms with Crippen molar-refractivity contribution in [2.24, 2.45) is 0 Å². The van der Waals surface area contributed by atoms with Gasteiger partial charge in [0.25, 0.3) is 5.56 Å². The van der Waals surface area contributed by atoms with Crippen molar-refractivity contribution in [2.45, 2.75) is 37.4 Å². The molecular weight excluding hydrogens is 350 g/mol. The fourth-order valence-electron chi connectivity index (χ4n) is 2.92. The minimum absolute atomic E-state index is 0.0213. The number of aromatic nitrogens is 2. The summed E-state index contributed by atoms with van der Waals surface area (Å²) in [6, 6.07) is 7.46. The number of anilines is 1. The van der Waals surface area contributed by atoms with E-state index in [4.69, 9.17) is 11.2 Å². The lowest BCUT2D eigenvalue weighted by atomic mass is 9.86. The lowest BCUT2D eigenvalue weighted by molar-refractivity contribution is -0.116. The monoisotopic (exact) mass is 369 g/mol. The number of hydrogen-bond acceptors (Lipinski definition) is 5. The Morgan fingerprint density at radius 1 is 1.38 bits per heavy atom. The summed E-state index contributed by atoms with van der Waals surface area (Å²) in [7, 11) is 0. The Morgan fingerprint density at radius 3 is 2.88 bits per heavy atom. The van der Waals surface area contributed by atoms with Crippen LogP contribution in [0.15, 0.2) is 34.2 Å². The third kappa shape index (κ3) is 3.75. The molecule has 1 aromatic heterocycles. The number of rotatable bonds is 5. The normalized spacial score (nSPS) is 15.9. The van der Waals surface area contributed by atoms with Gasteiger partial charge in [0.05, 0.1) is 17.4 Å². The lowest BCUT2D eigenvalue weighted by Gasteiger charge is -2.26. The van der Waals surface area contributed by atoms with E-state index in [1.54, 1.807) is 0 Å². The lowest BCUT2D eigenvalue weighted by Crippen LogP contribution is -2.31. The standard InChI is InChI=1S/C19H19N3O3S/c1-4-9-26-19-21-17-16(18(24)22-19)13(10-15(23)20-17)12-7-5-6-8-14(12)25-11(2)3/h1,5-8,11,13H,9-10H2,2-3H3,(H2,20,21,22,23,24)/t13-/m0/s1. The highest BCUT2D eigenvalue weighted by Gasteiger charge is 2.32. The van der Waals surface area contributed by atoms with Gasteiger partial charge in [0.15, 0.2) is 5.16 Å². The third-order valence-corrected chi connectivity index (χ3v) is 4.66. The first-order chi connectivity index (χ1) is 12.5. The number of carbonyl (C=O) groups is 1. The molecule has 0 saturated heterocycles. The molecule has 1 aromatic carbocycles. The summed E-state index contributed by atoms with van der Waals surface area (Å²) in [5.74, 6) is 3.21. The van der Waals surface area contributed by atoms with Crippen molar-refractivity contribution in [3.05, 3.63) is 45.7 Å². The molecule has 2 heterocycles. The number of nitrogens with one attached hydrogen (secondary N) is 2. The Hall–Kier alpha value is -2.72. The molecule has 7 heteroatoms. The number of ether oxygens (including phenoxy) is 1. The molecule has 0 aliphatic carbocycles. The first-order valence-corrected chi connectivity index (χ1v) is 9.24. The predicted molar refractivity (Wildman–Crippen MR) is 102 cm³/mol. The number of para-hydroxylation sites is 1. The van der Waals surface area contributed by atoms with E-state index in [0.29, 0.717) is 22.2 Å². The number of thioether (sulfide) groups is 1. The van der Waals surface area contributed by atoms with Gasteiger partial charge in [0.1, 0.15) is 11.6 Å². The highest BCUT2D eigenvalue weighted by molar-refractivity contribution is 7.99. The van der Waals surface area contributed by atoms with E-state index in [0.717, 1.165) is 5.56 Å². The predicted octanol–water partition coefficient (Wildman–Crippen LogP) is 2.76. The van der Waals surface area contributed by atoms with E-state index < -0.39 is 5.92 Å². The second kappa shape index (κ2) is 7.67. The summed E-state index contributed by atoms with van der Waals surface area (Å²) in [5.41, 5.74) is 0.960. The zero-order valence-corrected chi connectivity index (χ0v) is 15.4. The van der Waals surface area contributed by atoms with Crippen molar-refractivity contribution in [1.29, 1.82) is 0 Å². The molecule has 26 heavy (non-hydrogen) atoms. The Morgan fingerprint density at radius 2 is 2.15 bits per heavy atom. The largest absolute Gasteiger partial charge is 0.491 e. The maximum Gasteiger partial charge on any atom is 0.257 e. The van der Waals surface area contributed by atoms with Gasteiger partial charge in [-0.05, 0) is 19.9 Å². The van der Waals surface area contributed by atoms with Gasteiger partial charge < -0.3 is 15.0 Å². The van der Waals surface area contributed by atoms with E-state index in [1.807, 2.05) is 38.1 Å². The van der Waals surface area contributed by atoms with Gasteiger partial charge in [0, 0.05) is 17.9 Å². The third-order valence-electron chi connectivity index (χ3n) is 3.88. The van der Waals surface area contributed by atoms with Crippen LogP contribution in [0.5, 0.6) is 5.75 Å². The summed E-state index contributed by atoms with van der Waals surface area (Å²) >= 11 is 1.24. The molecule has 1 aliphatic heterocycles. The molecule has 0 bridgehead atoms. The van der Waals surface area contributed by atoms with Crippen molar-refractivity contribution in [3.63, 3.8) is 0 Å². The molecule has 3 rings (SSSR count). The van der Waals surface area contributed by atoms with Crippen LogP contribution in [-0.4, -0.2) is 27.7 Å². The average molecular weight is 369 g/mol. The molecule has 0 fully saturated rings.